The van der Waals surface area contributed by atoms with Gasteiger partial charge in [0, 0.05) is 19.0 Å². The van der Waals surface area contributed by atoms with Gasteiger partial charge in [0.25, 0.3) is 0 Å². The molecule has 0 radical (unpaired) electrons. The maximum absolute atomic E-state index is 12.6. The number of amides is 1. The van der Waals surface area contributed by atoms with Crippen LogP contribution in [0, 0.1) is 46.3 Å². The van der Waals surface area contributed by atoms with Crippen LogP contribution in [-0.4, -0.2) is 58.7 Å². The molecular formula is C33H55NO6. The maximum Gasteiger partial charge on any atom is 0.330 e. The molecule has 0 bridgehead atoms. The van der Waals surface area contributed by atoms with E-state index in [9.17, 15) is 24.9 Å². The highest BCUT2D eigenvalue weighted by molar-refractivity contribution is 5.81. The lowest BCUT2D eigenvalue weighted by atomic mass is 9.43. The highest BCUT2D eigenvalue weighted by Crippen LogP contribution is 2.68. The number of esters is 1. The van der Waals surface area contributed by atoms with E-state index in [2.05, 4.69) is 32.7 Å². The first kappa shape index (κ1) is 31.5. The van der Waals surface area contributed by atoms with E-state index in [1.807, 2.05) is 0 Å². The molecule has 7 heteroatoms. The molecule has 0 aromatic rings. The molecule has 0 heterocycles. The molecule has 4 aliphatic carbocycles. The number of carbonyl (C=O) groups excluding carboxylic acids is 2. The van der Waals surface area contributed by atoms with E-state index in [-0.39, 0.29) is 40.8 Å². The summed E-state index contributed by atoms with van der Waals surface area (Å²) in [6.07, 6.45) is 11.4. The van der Waals surface area contributed by atoms with E-state index in [4.69, 9.17) is 4.74 Å². The summed E-state index contributed by atoms with van der Waals surface area (Å²) in [6.45, 7) is 11.4. The summed E-state index contributed by atoms with van der Waals surface area (Å²) in [5.41, 5.74) is -0.138. The Bertz CT molecular complexity index is 894. The molecule has 0 aromatic heterocycles. The van der Waals surface area contributed by atoms with Crippen LogP contribution in [0.25, 0.3) is 0 Å². The topological polar surface area (TPSA) is 116 Å². The third-order valence-corrected chi connectivity index (χ3v) is 12.2. The van der Waals surface area contributed by atoms with Gasteiger partial charge < -0.3 is 25.4 Å². The molecule has 7 nitrogen and oxygen atoms in total. The molecule has 40 heavy (non-hydrogen) atoms. The lowest BCUT2D eigenvalue weighted by Gasteiger charge is -2.63. The summed E-state index contributed by atoms with van der Waals surface area (Å²) in [7, 11) is 0. The minimum Gasteiger partial charge on any atom is -0.463 e. The van der Waals surface area contributed by atoms with Crippen LogP contribution in [0.3, 0.4) is 0 Å². The Morgan fingerprint density at radius 1 is 1.02 bits per heavy atom. The minimum absolute atomic E-state index is 0.0888. The summed E-state index contributed by atoms with van der Waals surface area (Å²) >= 11 is 0. The molecule has 0 unspecified atom stereocenters. The zero-order chi connectivity index (χ0) is 29.1. The first-order valence-electron chi connectivity index (χ1n) is 16.1. The van der Waals surface area contributed by atoms with Crippen LogP contribution in [0.1, 0.15) is 104 Å². The van der Waals surface area contributed by atoms with Crippen molar-refractivity contribution in [3.8, 4) is 0 Å². The molecule has 228 valence electrons. The van der Waals surface area contributed by atoms with Crippen LogP contribution < -0.4 is 5.32 Å². The Morgan fingerprint density at radius 2 is 1.77 bits per heavy atom. The molecule has 4 N–H and O–H groups in total. The van der Waals surface area contributed by atoms with Gasteiger partial charge in [-0.1, -0.05) is 33.8 Å². The second-order valence-corrected chi connectivity index (χ2v) is 14.2. The Kier molecular flexibility index (Phi) is 10.4. The number of hydrogen-bond acceptors (Lipinski definition) is 6. The van der Waals surface area contributed by atoms with Crippen molar-refractivity contribution in [3.05, 3.63) is 12.7 Å². The molecule has 4 fully saturated rings. The summed E-state index contributed by atoms with van der Waals surface area (Å²) in [5, 5.41) is 36.6. The molecule has 4 rings (SSSR count). The van der Waals surface area contributed by atoms with Gasteiger partial charge in [0.05, 0.1) is 24.9 Å². The van der Waals surface area contributed by atoms with Crippen molar-refractivity contribution < 1.29 is 29.6 Å². The molecule has 4 aliphatic rings. The van der Waals surface area contributed by atoms with E-state index in [0.717, 1.165) is 77.0 Å². The van der Waals surface area contributed by atoms with Gasteiger partial charge in [-0.15, -0.1) is 0 Å². The SMILES string of the molecule is C=CC(=O)OCCCCCCNC(=O)CC[C@@H](C)[C@H]1CC[C@H]2[C@@H]3[C@H](O)C[C@@H]4C[C@H](O)CC[C@]4(C)[C@H]3C[C@H](O)[C@]12C. The van der Waals surface area contributed by atoms with E-state index in [0.29, 0.717) is 49.2 Å². The number of fused-ring (bicyclic) bond motifs is 5. The van der Waals surface area contributed by atoms with Crippen LogP contribution in [0.4, 0.5) is 0 Å². The predicted molar refractivity (Wildman–Crippen MR) is 155 cm³/mol. The van der Waals surface area contributed by atoms with Crippen molar-refractivity contribution in [2.75, 3.05) is 13.2 Å². The molecule has 0 aliphatic heterocycles. The molecule has 0 spiro atoms. The highest BCUT2D eigenvalue weighted by Gasteiger charge is 2.65. The standard InChI is InChI=1S/C33H55NO6/c1-5-30(39)40-17-9-7-6-8-16-34-29(38)13-10-21(2)24-11-12-25-31-26(20-28(37)33(24,25)4)32(3)15-14-23(35)18-22(32)19-27(31)36/h5,21-28,31,35-37H,1,6-20H2,2-4H3,(H,34,38)/t21-,22+,23-,24-,25+,26+,27-,28+,31+,32+,33-/m1/s1. The van der Waals surface area contributed by atoms with Crippen molar-refractivity contribution in [1.82, 2.24) is 5.32 Å². The number of rotatable bonds is 12. The van der Waals surface area contributed by atoms with Gasteiger partial charge in [-0.2, -0.15) is 0 Å². The van der Waals surface area contributed by atoms with E-state index >= 15 is 0 Å². The quantitative estimate of drug-likeness (QED) is 0.155. The predicted octanol–water partition coefficient (Wildman–Crippen LogP) is 4.77. The Morgan fingerprint density at radius 3 is 2.52 bits per heavy atom. The lowest BCUT2D eigenvalue weighted by Crippen LogP contribution is -2.62. The largest absolute Gasteiger partial charge is 0.463 e. The third-order valence-electron chi connectivity index (χ3n) is 12.2. The summed E-state index contributed by atoms with van der Waals surface area (Å²) < 4.78 is 4.98. The zero-order valence-corrected chi connectivity index (χ0v) is 25.2. The van der Waals surface area contributed by atoms with Gasteiger partial charge in [0.2, 0.25) is 5.91 Å². The zero-order valence-electron chi connectivity index (χ0n) is 25.2. The summed E-state index contributed by atoms with van der Waals surface area (Å²) in [6, 6.07) is 0. The number of unbranched alkanes of at least 4 members (excludes halogenated alkanes) is 3. The average Bonchev–Trinajstić information content (AvgIpc) is 3.28. The van der Waals surface area contributed by atoms with Crippen LogP contribution in [0.15, 0.2) is 12.7 Å². The van der Waals surface area contributed by atoms with Crippen LogP contribution in [0.5, 0.6) is 0 Å². The number of nitrogens with one attached hydrogen (secondary N) is 1. The monoisotopic (exact) mass is 561 g/mol. The second-order valence-electron chi connectivity index (χ2n) is 14.2. The van der Waals surface area contributed by atoms with E-state index in [1.54, 1.807) is 0 Å². The number of ether oxygens (including phenoxy) is 1. The first-order valence-corrected chi connectivity index (χ1v) is 16.1. The van der Waals surface area contributed by atoms with Crippen molar-refractivity contribution in [2.45, 2.75) is 123 Å². The van der Waals surface area contributed by atoms with E-state index in [1.165, 1.54) is 6.08 Å². The van der Waals surface area contributed by atoms with Crippen LogP contribution in [0.2, 0.25) is 0 Å². The van der Waals surface area contributed by atoms with Gasteiger partial charge >= 0.3 is 5.97 Å². The van der Waals surface area contributed by atoms with Gasteiger partial charge in [-0.05, 0) is 117 Å². The molecule has 0 aromatic carbocycles. The molecule has 1 amide bonds. The van der Waals surface area contributed by atoms with Crippen molar-refractivity contribution in [1.29, 1.82) is 0 Å². The fourth-order valence-electron chi connectivity index (χ4n) is 9.82. The lowest BCUT2D eigenvalue weighted by molar-refractivity contribution is -0.207. The van der Waals surface area contributed by atoms with Crippen LogP contribution in [-0.2, 0) is 14.3 Å². The van der Waals surface area contributed by atoms with E-state index < -0.39 is 6.10 Å². The van der Waals surface area contributed by atoms with Crippen molar-refractivity contribution in [2.24, 2.45) is 46.3 Å². The molecule has 0 saturated heterocycles. The average molecular weight is 562 g/mol. The number of hydrogen-bond donors (Lipinski definition) is 4. The van der Waals surface area contributed by atoms with Gasteiger partial charge in [0.15, 0.2) is 0 Å². The smallest absolute Gasteiger partial charge is 0.330 e. The Balaban J connectivity index is 1.25. The normalized spacial score (nSPS) is 41.2. The third kappa shape index (κ3) is 6.32. The highest BCUT2D eigenvalue weighted by atomic mass is 16.5. The second kappa shape index (κ2) is 13.2. The maximum atomic E-state index is 12.6. The van der Waals surface area contributed by atoms with Crippen molar-refractivity contribution >= 4 is 11.9 Å². The molecule has 4 saturated carbocycles. The van der Waals surface area contributed by atoms with Gasteiger partial charge in [-0.3, -0.25) is 4.79 Å². The number of aliphatic hydroxyl groups is 3. The van der Waals surface area contributed by atoms with Crippen LogP contribution >= 0.6 is 0 Å². The molecule has 11 atom stereocenters. The Hall–Kier alpha value is -1.44. The van der Waals surface area contributed by atoms with Gasteiger partial charge in [-0.25, -0.2) is 4.79 Å². The summed E-state index contributed by atoms with van der Waals surface area (Å²) in [4.78, 5) is 23.6. The fourth-order valence-corrected chi connectivity index (χ4v) is 9.82. The minimum atomic E-state index is -0.391. The molecular weight excluding hydrogens is 506 g/mol. The summed E-state index contributed by atoms with van der Waals surface area (Å²) in [5.74, 6) is 1.57. The van der Waals surface area contributed by atoms with Crippen molar-refractivity contribution in [3.63, 3.8) is 0 Å². The van der Waals surface area contributed by atoms with Gasteiger partial charge in [0.1, 0.15) is 0 Å². The number of aliphatic hydroxyl groups excluding tert-OH is 3. The Labute approximate surface area is 241 Å². The fraction of sp³-hybridized carbons (Fsp3) is 0.879. The first-order chi connectivity index (χ1) is 19.0. The number of carbonyl (C=O) groups is 2.